The van der Waals surface area contributed by atoms with Gasteiger partial charge in [0, 0.05) is 7.05 Å². The molecule has 2 N–H and O–H groups in total. The highest BCUT2D eigenvalue weighted by atomic mass is 35.5. The Kier molecular flexibility index (Phi) is 6.97. The van der Waals surface area contributed by atoms with Gasteiger partial charge in [0.1, 0.15) is 5.76 Å². The van der Waals surface area contributed by atoms with Crippen LogP contribution in [0.5, 0.6) is 0 Å². The van der Waals surface area contributed by atoms with Gasteiger partial charge in [-0.1, -0.05) is 16.1 Å². The van der Waals surface area contributed by atoms with Crippen molar-refractivity contribution in [1.29, 1.82) is 0 Å². The molecule has 2 amide bonds. The van der Waals surface area contributed by atoms with E-state index >= 15 is 0 Å². The number of furan rings is 1. The molecule has 1 aromatic carbocycles. The normalized spacial score (nSPS) is 11.4. The molecule has 0 radical (unpaired) electrons. The number of hydrogen-bond donors (Lipinski definition) is 2. The molecule has 0 spiro atoms. The molecule has 0 fully saturated rings. The lowest BCUT2D eigenvalue weighted by atomic mass is 10.2. The number of rotatable bonds is 8. The average Bonchev–Trinajstić information content (AvgIpc) is 3.17. The van der Waals surface area contributed by atoms with E-state index in [9.17, 15) is 18.0 Å². The molecule has 0 saturated heterocycles. The third-order valence-electron chi connectivity index (χ3n) is 3.53. The Hall–Kier alpha value is -2.40. The maximum absolute atomic E-state index is 12.3. The molecule has 146 valence electrons. The molecule has 0 aliphatic carbocycles. The number of nitrogens with one attached hydrogen (secondary N) is 2. The number of hydrogen-bond acceptors (Lipinski definition) is 6. The Morgan fingerprint density at radius 3 is 2.63 bits per heavy atom. The van der Waals surface area contributed by atoms with Crippen LogP contribution in [0, 0.1) is 0 Å². The molecule has 2 rings (SSSR count). The zero-order valence-corrected chi connectivity index (χ0v) is 16.1. The molecule has 1 heterocycles. The number of halogens is 1. The van der Waals surface area contributed by atoms with E-state index in [0.29, 0.717) is 10.2 Å². The highest BCUT2D eigenvalue weighted by Gasteiger charge is 2.23. The van der Waals surface area contributed by atoms with Crippen LogP contribution in [0.2, 0.25) is 5.02 Å². The average molecular weight is 416 g/mol. The highest BCUT2D eigenvalue weighted by molar-refractivity contribution is 7.89. The molecule has 11 heteroatoms. The molecule has 9 nitrogen and oxygen atoms in total. The fourth-order valence-electron chi connectivity index (χ4n) is 2.00. The molecule has 0 aliphatic rings. The van der Waals surface area contributed by atoms with E-state index in [-0.39, 0.29) is 28.6 Å². The summed E-state index contributed by atoms with van der Waals surface area (Å²) >= 11 is 5.99. The number of hydroxylamine groups is 1. The van der Waals surface area contributed by atoms with Gasteiger partial charge in [-0.15, -0.1) is 0 Å². The molecule has 1 aromatic heterocycles. The van der Waals surface area contributed by atoms with Crippen molar-refractivity contribution in [2.24, 2.45) is 0 Å². The van der Waals surface area contributed by atoms with Gasteiger partial charge in [-0.25, -0.2) is 8.42 Å². The third kappa shape index (κ3) is 5.30. The summed E-state index contributed by atoms with van der Waals surface area (Å²) in [5, 5.41) is 5.00. The molecule has 0 bridgehead atoms. The van der Waals surface area contributed by atoms with Gasteiger partial charge in [-0.2, -0.15) is 0 Å². The minimum Gasteiger partial charge on any atom is -0.467 e. The molecule has 0 saturated carbocycles. The fourth-order valence-corrected chi connectivity index (χ4v) is 3.21. The van der Waals surface area contributed by atoms with Gasteiger partial charge in [-0.05, 0) is 30.3 Å². The van der Waals surface area contributed by atoms with E-state index in [1.54, 1.807) is 12.1 Å². The van der Waals surface area contributed by atoms with Crippen molar-refractivity contribution in [1.82, 2.24) is 15.1 Å². The number of carbonyl (C=O) groups excluding carboxylic acids is 2. The fraction of sp³-hybridized carbons (Fsp3) is 0.250. The summed E-state index contributed by atoms with van der Waals surface area (Å²) in [5.41, 5.74) is -0.0823. The number of nitrogens with zero attached hydrogens (tertiary/aromatic N) is 1. The van der Waals surface area contributed by atoms with Gasteiger partial charge in [0.2, 0.25) is 5.91 Å². The third-order valence-corrected chi connectivity index (χ3v) is 5.53. The predicted octanol–water partition coefficient (Wildman–Crippen LogP) is 1.16. The maximum atomic E-state index is 12.3. The van der Waals surface area contributed by atoms with Crippen molar-refractivity contribution >= 4 is 33.4 Å². The van der Waals surface area contributed by atoms with E-state index in [4.69, 9.17) is 16.0 Å². The van der Waals surface area contributed by atoms with Crippen LogP contribution in [0.4, 0.5) is 0 Å². The summed E-state index contributed by atoms with van der Waals surface area (Å²) in [5.74, 6) is -0.568. The molecule has 0 atom stereocenters. The Morgan fingerprint density at radius 1 is 1.26 bits per heavy atom. The summed E-state index contributed by atoms with van der Waals surface area (Å²) in [6.45, 7) is -0.135. The lowest BCUT2D eigenvalue weighted by Crippen LogP contribution is -2.36. The second-order valence-electron chi connectivity index (χ2n) is 5.28. The van der Waals surface area contributed by atoms with Crippen molar-refractivity contribution in [3.63, 3.8) is 0 Å². The van der Waals surface area contributed by atoms with Crippen LogP contribution in [0.1, 0.15) is 16.1 Å². The Bertz CT molecular complexity index is 914. The number of carbonyl (C=O) groups is 2. The van der Waals surface area contributed by atoms with Crippen LogP contribution in [-0.2, 0) is 26.2 Å². The van der Waals surface area contributed by atoms with Crippen LogP contribution in [0.25, 0.3) is 0 Å². The lowest BCUT2D eigenvalue weighted by molar-refractivity contribution is -0.120. The first kappa shape index (κ1) is 20.9. The molecule has 2 aromatic rings. The van der Waals surface area contributed by atoms with E-state index in [1.165, 1.54) is 32.6 Å². The largest absolute Gasteiger partial charge is 0.467 e. The summed E-state index contributed by atoms with van der Waals surface area (Å²) in [6, 6.07) is 7.03. The quantitative estimate of drug-likeness (QED) is 0.624. The summed E-state index contributed by atoms with van der Waals surface area (Å²) in [6.07, 6.45) is 1.48. The first-order valence-corrected chi connectivity index (χ1v) is 9.47. The second-order valence-corrected chi connectivity index (χ2v) is 7.62. The lowest BCUT2D eigenvalue weighted by Gasteiger charge is -2.15. The van der Waals surface area contributed by atoms with Gasteiger partial charge >= 0.3 is 0 Å². The standard InChI is InChI=1S/C16H18ClN3O6S/c1-20(25-2)27(23,24)12-5-6-14(17)13(8-12)16(22)19-10-15(21)18-9-11-4-3-7-26-11/h3-8H,9-10H2,1-2H3,(H,18,21)(H,19,22). The van der Waals surface area contributed by atoms with E-state index in [2.05, 4.69) is 15.5 Å². The van der Waals surface area contributed by atoms with Crippen molar-refractivity contribution < 1.29 is 27.3 Å². The van der Waals surface area contributed by atoms with E-state index in [1.807, 2.05) is 0 Å². The van der Waals surface area contributed by atoms with Crippen molar-refractivity contribution in [3.05, 3.63) is 52.9 Å². The monoisotopic (exact) mass is 415 g/mol. The van der Waals surface area contributed by atoms with Crippen molar-refractivity contribution in [2.75, 3.05) is 20.7 Å². The minimum absolute atomic E-state index is 0.0440. The van der Waals surface area contributed by atoms with Crippen LogP contribution < -0.4 is 10.6 Å². The molecule has 27 heavy (non-hydrogen) atoms. The summed E-state index contributed by atoms with van der Waals surface area (Å²) in [4.78, 5) is 28.6. The molecule has 0 unspecified atom stereocenters. The Labute approximate surface area is 161 Å². The van der Waals surface area contributed by atoms with Gasteiger partial charge in [-0.3, -0.25) is 14.4 Å². The predicted molar refractivity (Wildman–Crippen MR) is 96.3 cm³/mol. The summed E-state index contributed by atoms with van der Waals surface area (Å²) < 4.78 is 30.3. The van der Waals surface area contributed by atoms with Crippen molar-refractivity contribution in [2.45, 2.75) is 11.4 Å². The first-order chi connectivity index (χ1) is 12.8. The summed E-state index contributed by atoms with van der Waals surface area (Å²) in [7, 11) is -1.53. The number of amides is 2. The molecular weight excluding hydrogens is 398 g/mol. The van der Waals surface area contributed by atoms with Crippen LogP contribution in [0.15, 0.2) is 45.9 Å². The second kappa shape index (κ2) is 9.00. The van der Waals surface area contributed by atoms with E-state index < -0.39 is 21.8 Å². The number of sulfonamides is 1. The Balaban J connectivity index is 2.03. The maximum Gasteiger partial charge on any atom is 0.264 e. The first-order valence-electron chi connectivity index (χ1n) is 7.65. The van der Waals surface area contributed by atoms with Crippen LogP contribution in [-0.4, -0.2) is 45.4 Å². The number of benzene rings is 1. The van der Waals surface area contributed by atoms with Crippen LogP contribution >= 0.6 is 11.6 Å². The molecule has 0 aliphatic heterocycles. The molecular formula is C16H18ClN3O6S. The Morgan fingerprint density at radius 2 is 2.00 bits per heavy atom. The zero-order chi connectivity index (χ0) is 20.0. The van der Waals surface area contributed by atoms with Gasteiger partial charge in [0.25, 0.3) is 15.9 Å². The van der Waals surface area contributed by atoms with Gasteiger partial charge in [0.15, 0.2) is 0 Å². The van der Waals surface area contributed by atoms with Gasteiger partial charge in [0.05, 0.1) is 41.9 Å². The zero-order valence-electron chi connectivity index (χ0n) is 14.6. The SMILES string of the molecule is CON(C)S(=O)(=O)c1ccc(Cl)c(C(=O)NCC(=O)NCc2ccco2)c1. The minimum atomic E-state index is -3.94. The highest BCUT2D eigenvalue weighted by Crippen LogP contribution is 2.22. The van der Waals surface area contributed by atoms with Crippen LogP contribution in [0.3, 0.4) is 0 Å². The van der Waals surface area contributed by atoms with E-state index in [0.717, 1.165) is 6.07 Å². The smallest absolute Gasteiger partial charge is 0.264 e. The van der Waals surface area contributed by atoms with Crippen molar-refractivity contribution in [3.8, 4) is 0 Å². The topological polar surface area (TPSA) is 118 Å². The van der Waals surface area contributed by atoms with Gasteiger partial charge < -0.3 is 15.1 Å².